The first-order valence-corrected chi connectivity index (χ1v) is 7.81. The second-order valence-electron chi connectivity index (χ2n) is 6.42. The maximum absolute atomic E-state index is 12.1. The van der Waals surface area contributed by atoms with Gasteiger partial charge in [0.05, 0.1) is 0 Å². The number of nitrogens with zero attached hydrogens (tertiary/aromatic N) is 2. The summed E-state index contributed by atoms with van der Waals surface area (Å²) in [7, 11) is 0. The first-order valence-electron chi connectivity index (χ1n) is 7.81. The number of hydrogen-bond donors (Lipinski definition) is 1. The summed E-state index contributed by atoms with van der Waals surface area (Å²) in [6.07, 6.45) is 4.89. The molecule has 0 aromatic rings. The fourth-order valence-electron chi connectivity index (χ4n) is 3.50. The minimum Gasteiger partial charge on any atom is -0.368 e. The first kappa shape index (κ1) is 15.3. The molecule has 2 heterocycles. The average Bonchev–Trinajstić information content (AvgIpc) is 2.47. The largest absolute Gasteiger partial charge is 0.368 e. The second-order valence-corrected chi connectivity index (χ2v) is 6.42. The van der Waals surface area contributed by atoms with Crippen molar-refractivity contribution >= 4 is 11.8 Å². The molecule has 5 heteroatoms. The predicted octanol–water partition coefficient (Wildman–Crippen LogP) is 0.975. The van der Waals surface area contributed by atoms with Gasteiger partial charge >= 0.3 is 0 Å². The third kappa shape index (κ3) is 2.82. The van der Waals surface area contributed by atoms with Gasteiger partial charge in [0.25, 0.3) is 0 Å². The van der Waals surface area contributed by atoms with Crippen LogP contribution >= 0.6 is 0 Å². The fraction of sp³-hybridized carbons (Fsp3) is 0.867. The molecule has 0 saturated carbocycles. The Balaban J connectivity index is 2.06. The molecule has 5 nitrogen and oxygen atoms in total. The number of rotatable bonds is 3. The number of carbonyl (C=O) groups excluding carboxylic acids is 2. The molecule has 0 aromatic carbocycles. The molecule has 0 spiro atoms. The van der Waals surface area contributed by atoms with Crippen LogP contribution in [0.25, 0.3) is 0 Å². The Kier molecular flexibility index (Phi) is 4.68. The van der Waals surface area contributed by atoms with Gasteiger partial charge < -0.3 is 10.6 Å². The van der Waals surface area contributed by atoms with E-state index in [0.29, 0.717) is 25.9 Å². The number of amides is 2. The zero-order valence-electron chi connectivity index (χ0n) is 12.7. The summed E-state index contributed by atoms with van der Waals surface area (Å²) in [5.74, 6) is -0.0103. The molecule has 0 radical (unpaired) electrons. The standard InChI is InChI=1S/C15H27N3O2/c1-12(2)13(19)17-10-6-15(7-11-17,14(16)20)18-8-4-3-5-9-18/h12H,3-11H2,1-2H3,(H2,16,20). The maximum Gasteiger partial charge on any atom is 0.238 e. The normalized spacial score (nSPS) is 23.9. The lowest BCUT2D eigenvalue weighted by Gasteiger charge is -2.48. The zero-order chi connectivity index (χ0) is 14.8. The molecule has 2 aliphatic heterocycles. The lowest BCUT2D eigenvalue weighted by atomic mass is 9.83. The van der Waals surface area contributed by atoms with Gasteiger partial charge in [-0.2, -0.15) is 0 Å². The van der Waals surface area contributed by atoms with Crippen LogP contribution in [0, 0.1) is 5.92 Å². The van der Waals surface area contributed by atoms with Crippen molar-refractivity contribution in [2.24, 2.45) is 11.7 Å². The maximum atomic E-state index is 12.1. The summed E-state index contributed by atoms with van der Waals surface area (Å²) < 4.78 is 0. The number of carbonyl (C=O) groups is 2. The van der Waals surface area contributed by atoms with Crippen molar-refractivity contribution < 1.29 is 9.59 Å². The van der Waals surface area contributed by atoms with Crippen molar-refractivity contribution in [2.75, 3.05) is 26.2 Å². The fourth-order valence-corrected chi connectivity index (χ4v) is 3.50. The molecule has 2 fully saturated rings. The van der Waals surface area contributed by atoms with Crippen molar-refractivity contribution in [3.8, 4) is 0 Å². The highest BCUT2D eigenvalue weighted by Crippen LogP contribution is 2.31. The molecule has 2 rings (SSSR count). The number of hydrogen-bond acceptors (Lipinski definition) is 3. The molecule has 2 saturated heterocycles. The number of likely N-dealkylation sites (tertiary alicyclic amines) is 2. The Morgan fingerprint density at radius 3 is 2.00 bits per heavy atom. The number of piperidine rings is 2. The minimum absolute atomic E-state index is 0.0195. The molecular weight excluding hydrogens is 254 g/mol. The van der Waals surface area contributed by atoms with Crippen molar-refractivity contribution in [1.29, 1.82) is 0 Å². The van der Waals surface area contributed by atoms with Crippen LogP contribution in [0.4, 0.5) is 0 Å². The summed E-state index contributed by atoms with van der Waals surface area (Å²) in [5.41, 5.74) is 5.21. The lowest BCUT2D eigenvalue weighted by molar-refractivity contribution is -0.143. The quantitative estimate of drug-likeness (QED) is 0.838. The van der Waals surface area contributed by atoms with Crippen LogP contribution < -0.4 is 5.73 Å². The molecule has 0 bridgehead atoms. The van der Waals surface area contributed by atoms with E-state index in [4.69, 9.17) is 5.73 Å². The van der Waals surface area contributed by atoms with Crippen LogP contribution in [0.3, 0.4) is 0 Å². The van der Waals surface area contributed by atoms with Crippen LogP contribution in [0.15, 0.2) is 0 Å². The van der Waals surface area contributed by atoms with Gasteiger partial charge in [0.2, 0.25) is 11.8 Å². The number of primary amides is 1. The van der Waals surface area contributed by atoms with Crippen LogP contribution in [0.1, 0.15) is 46.0 Å². The SMILES string of the molecule is CC(C)C(=O)N1CCC(C(N)=O)(N2CCCCC2)CC1. The molecule has 0 aromatic heterocycles. The van der Waals surface area contributed by atoms with Crippen molar-refractivity contribution in [2.45, 2.75) is 51.5 Å². The van der Waals surface area contributed by atoms with Gasteiger partial charge in [-0.1, -0.05) is 20.3 Å². The van der Waals surface area contributed by atoms with Gasteiger partial charge in [-0.05, 0) is 38.8 Å². The van der Waals surface area contributed by atoms with Gasteiger partial charge in [-0.3, -0.25) is 14.5 Å². The van der Waals surface area contributed by atoms with Crippen molar-refractivity contribution in [3.05, 3.63) is 0 Å². The molecule has 2 aliphatic rings. The van der Waals surface area contributed by atoms with Gasteiger partial charge in [-0.15, -0.1) is 0 Å². The summed E-state index contributed by atoms with van der Waals surface area (Å²) in [4.78, 5) is 28.3. The summed E-state index contributed by atoms with van der Waals surface area (Å²) in [5, 5.41) is 0. The summed E-state index contributed by atoms with van der Waals surface area (Å²) in [6, 6.07) is 0. The molecule has 20 heavy (non-hydrogen) atoms. The second kappa shape index (κ2) is 6.12. The first-order chi connectivity index (χ1) is 9.47. The zero-order valence-corrected chi connectivity index (χ0v) is 12.7. The van der Waals surface area contributed by atoms with Gasteiger partial charge in [-0.25, -0.2) is 0 Å². The van der Waals surface area contributed by atoms with E-state index >= 15 is 0 Å². The highest BCUT2D eigenvalue weighted by atomic mass is 16.2. The lowest BCUT2D eigenvalue weighted by Crippen LogP contribution is -2.63. The predicted molar refractivity (Wildman–Crippen MR) is 78.0 cm³/mol. The van der Waals surface area contributed by atoms with Crippen LogP contribution in [-0.2, 0) is 9.59 Å². The van der Waals surface area contributed by atoms with E-state index in [9.17, 15) is 9.59 Å². The molecule has 0 aliphatic carbocycles. The molecule has 2 amide bonds. The summed E-state index contributed by atoms with van der Waals surface area (Å²) in [6.45, 7) is 7.06. The van der Waals surface area contributed by atoms with E-state index in [0.717, 1.165) is 25.9 Å². The topological polar surface area (TPSA) is 66.6 Å². The average molecular weight is 281 g/mol. The molecule has 114 valence electrons. The van der Waals surface area contributed by atoms with Crippen LogP contribution in [-0.4, -0.2) is 53.3 Å². The molecule has 0 atom stereocenters. The van der Waals surface area contributed by atoms with E-state index in [2.05, 4.69) is 4.90 Å². The monoisotopic (exact) mass is 281 g/mol. The van der Waals surface area contributed by atoms with Gasteiger partial charge in [0.1, 0.15) is 5.54 Å². The van der Waals surface area contributed by atoms with E-state index < -0.39 is 5.54 Å². The Morgan fingerprint density at radius 2 is 1.55 bits per heavy atom. The molecule has 0 unspecified atom stereocenters. The van der Waals surface area contributed by atoms with E-state index in [1.54, 1.807) is 0 Å². The smallest absolute Gasteiger partial charge is 0.238 e. The van der Waals surface area contributed by atoms with Gasteiger partial charge in [0.15, 0.2) is 0 Å². The number of nitrogens with two attached hydrogens (primary N) is 1. The Labute approximate surface area is 121 Å². The summed E-state index contributed by atoms with van der Waals surface area (Å²) >= 11 is 0. The van der Waals surface area contributed by atoms with E-state index in [1.807, 2.05) is 18.7 Å². The molecular formula is C15H27N3O2. The Bertz CT molecular complexity index is 367. The van der Waals surface area contributed by atoms with Crippen molar-refractivity contribution in [3.63, 3.8) is 0 Å². The van der Waals surface area contributed by atoms with E-state index in [1.165, 1.54) is 6.42 Å². The van der Waals surface area contributed by atoms with Crippen LogP contribution in [0.5, 0.6) is 0 Å². The Morgan fingerprint density at radius 1 is 1.00 bits per heavy atom. The van der Waals surface area contributed by atoms with Gasteiger partial charge in [0, 0.05) is 19.0 Å². The van der Waals surface area contributed by atoms with E-state index in [-0.39, 0.29) is 17.7 Å². The third-order valence-electron chi connectivity index (χ3n) is 4.82. The highest BCUT2D eigenvalue weighted by Gasteiger charge is 2.45. The highest BCUT2D eigenvalue weighted by molar-refractivity contribution is 5.85. The molecule has 2 N–H and O–H groups in total. The van der Waals surface area contributed by atoms with Crippen molar-refractivity contribution in [1.82, 2.24) is 9.80 Å². The van der Waals surface area contributed by atoms with Crippen LogP contribution in [0.2, 0.25) is 0 Å². The minimum atomic E-state index is -0.520. The third-order valence-corrected chi connectivity index (χ3v) is 4.82. The Hall–Kier alpha value is -1.10.